The van der Waals surface area contributed by atoms with Gasteiger partial charge in [-0.25, -0.2) is 4.98 Å². The Morgan fingerprint density at radius 3 is 2.57 bits per heavy atom. The molecular weight excluding hydrogens is 386 g/mol. The summed E-state index contributed by atoms with van der Waals surface area (Å²) in [6.45, 7) is 4.51. The van der Waals surface area contributed by atoms with E-state index in [1.165, 1.54) is 10.1 Å². The molecule has 0 aliphatic heterocycles. The van der Waals surface area contributed by atoms with Crippen LogP contribution in [0.4, 0.5) is 5.82 Å². The van der Waals surface area contributed by atoms with Crippen LogP contribution < -0.4 is 27.7 Å². The molecule has 0 bridgehead atoms. The molecular formula is C20H31N7O3. The van der Waals surface area contributed by atoms with Gasteiger partial charge in [-0.05, 0) is 31.0 Å². The van der Waals surface area contributed by atoms with Gasteiger partial charge in [-0.1, -0.05) is 37.3 Å². The second kappa shape index (κ2) is 12.1. The van der Waals surface area contributed by atoms with Gasteiger partial charge in [0.05, 0.1) is 6.54 Å². The molecule has 0 unspecified atom stereocenters. The topological polar surface area (TPSA) is 150 Å². The van der Waals surface area contributed by atoms with Crippen molar-refractivity contribution < 1.29 is 9.63 Å². The van der Waals surface area contributed by atoms with Crippen LogP contribution in [0.1, 0.15) is 24.2 Å². The fourth-order valence-corrected chi connectivity index (χ4v) is 2.52. The van der Waals surface area contributed by atoms with Crippen molar-refractivity contribution in [3.8, 4) is 0 Å². The van der Waals surface area contributed by atoms with E-state index in [4.69, 9.17) is 16.3 Å². The number of anilines is 1. The van der Waals surface area contributed by atoms with Crippen LogP contribution in [0.3, 0.4) is 0 Å². The van der Waals surface area contributed by atoms with Crippen LogP contribution in [0.25, 0.3) is 0 Å². The fourth-order valence-electron chi connectivity index (χ4n) is 2.52. The zero-order valence-corrected chi connectivity index (χ0v) is 16.6. The molecule has 6 N–H and O–H groups in total. The first kappa shape index (κ1) is 24.5. The highest BCUT2D eigenvalue weighted by Crippen LogP contribution is 2.05. The molecule has 0 aliphatic carbocycles. The molecule has 2 aromatic rings. The van der Waals surface area contributed by atoms with E-state index in [1.54, 1.807) is 13.1 Å². The van der Waals surface area contributed by atoms with E-state index in [0.29, 0.717) is 12.2 Å². The molecule has 1 heterocycles. The molecule has 0 atom stereocenters. The maximum atomic E-state index is 12.7. The first-order valence-electron chi connectivity index (χ1n) is 9.20. The Balaban J connectivity index is 0.00000450. The second-order valence-corrected chi connectivity index (χ2v) is 6.50. The van der Waals surface area contributed by atoms with Crippen LogP contribution in [0.2, 0.25) is 0 Å². The number of amides is 1. The van der Waals surface area contributed by atoms with Gasteiger partial charge in [0.2, 0.25) is 11.9 Å². The first-order chi connectivity index (χ1) is 13.9. The third-order valence-electron chi connectivity index (χ3n) is 4.07. The quantitative estimate of drug-likeness (QED) is 0.190. The van der Waals surface area contributed by atoms with Crippen molar-refractivity contribution in [3.05, 3.63) is 57.6 Å². The van der Waals surface area contributed by atoms with E-state index < -0.39 is 0 Å². The number of nitrogens with one attached hydrogen (secondary N) is 2. The Kier molecular flexibility index (Phi) is 9.87. The largest absolute Gasteiger partial charge is 0.391 e. The molecule has 1 aromatic carbocycles. The first-order valence-corrected chi connectivity index (χ1v) is 9.20. The summed E-state index contributed by atoms with van der Waals surface area (Å²) in [7, 11) is 0. The number of oxime groups is 1. The van der Waals surface area contributed by atoms with Crippen molar-refractivity contribution in [2.24, 2.45) is 16.6 Å². The molecule has 1 aromatic heterocycles. The molecule has 10 nitrogen and oxygen atoms in total. The lowest BCUT2D eigenvalue weighted by Crippen LogP contribution is -2.36. The van der Waals surface area contributed by atoms with E-state index in [2.05, 4.69) is 32.9 Å². The van der Waals surface area contributed by atoms with Gasteiger partial charge in [0, 0.05) is 18.4 Å². The SMILES string of the molecule is C.Cc1ccc(CCNc2ncc(C)n(CC(=O)NCCON=C(N)N)c2=O)cc1. The number of carbonyl (C=O) groups is 1. The zero-order valence-electron chi connectivity index (χ0n) is 16.6. The maximum absolute atomic E-state index is 12.7. The summed E-state index contributed by atoms with van der Waals surface area (Å²) >= 11 is 0. The summed E-state index contributed by atoms with van der Waals surface area (Å²) in [5, 5.41) is 9.03. The van der Waals surface area contributed by atoms with Crippen molar-refractivity contribution in [1.82, 2.24) is 14.9 Å². The van der Waals surface area contributed by atoms with Gasteiger partial charge >= 0.3 is 0 Å². The van der Waals surface area contributed by atoms with E-state index in [0.717, 1.165) is 12.0 Å². The number of carbonyl (C=O) groups excluding carboxylic acids is 1. The van der Waals surface area contributed by atoms with Gasteiger partial charge in [-0.2, -0.15) is 0 Å². The molecule has 0 fully saturated rings. The van der Waals surface area contributed by atoms with Gasteiger partial charge in [0.25, 0.3) is 5.56 Å². The van der Waals surface area contributed by atoms with Gasteiger partial charge < -0.3 is 26.9 Å². The molecule has 0 saturated carbocycles. The van der Waals surface area contributed by atoms with E-state index >= 15 is 0 Å². The Bertz CT molecular complexity index is 904. The Hall–Kier alpha value is -3.56. The summed E-state index contributed by atoms with van der Waals surface area (Å²) in [5.41, 5.74) is 12.9. The molecule has 10 heteroatoms. The lowest BCUT2D eigenvalue weighted by atomic mass is 10.1. The van der Waals surface area contributed by atoms with Crippen molar-refractivity contribution >= 4 is 17.7 Å². The lowest BCUT2D eigenvalue weighted by Gasteiger charge is -2.12. The third kappa shape index (κ3) is 7.82. The number of nitrogens with zero attached hydrogens (tertiary/aromatic N) is 3. The Labute approximate surface area is 176 Å². The van der Waals surface area contributed by atoms with Gasteiger partial charge in [0.15, 0.2) is 5.82 Å². The summed E-state index contributed by atoms with van der Waals surface area (Å²) in [6.07, 6.45) is 2.32. The van der Waals surface area contributed by atoms with Gasteiger partial charge in [-0.15, -0.1) is 0 Å². The number of aryl methyl sites for hydroxylation is 2. The molecule has 0 radical (unpaired) electrons. The smallest absolute Gasteiger partial charge is 0.293 e. The zero-order chi connectivity index (χ0) is 21.2. The highest BCUT2D eigenvalue weighted by Gasteiger charge is 2.11. The average Bonchev–Trinajstić information content (AvgIpc) is 2.68. The van der Waals surface area contributed by atoms with E-state index in [1.807, 2.05) is 19.1 Å². The Morgan fingerprint density at radius 2 is 1.90 bits per heavy atom. The Morgan fingerprint density at radius 1 is 1.20 bits per heavy atom. The summed E-state index contributed by atoms with van der Waals surface area (Å²) in [4.78, 5) is 33.7. The number of aromatic nitrogens is 2. The number of benzene rings is 1. The van der Waals surface area contributed by atoms with Crippen LogP contribution in [0.15, 0.2) is 40.4 Å². The van der Waals surface area contributed by atoms with Crippen molar-refractivity contribution in [3.63, 3.8) is 0 Å². The number of rotatable bonds is 10. The van der Waals surface area contributed by atoms with E-state index in [9.17, 15) is 9.59 Å². The minimum Gasteiger partial charge on any atom is -0.391 e. The normalized spacial score (nSPS) is 9.93. The van der Waals surface area contributed by atoms with Crippen LogP contribution in [0, 0.1) is 13.8 Å². The number of nitrogens with two attached hydrogens (primary N) is 2. The maximum Gasteiger partial charge on any atom is 0.293 e. The predicted molar refractivity (Wildman–Crippen MR) is 118 cm³/mol. The summed E-state index contributed by atoms with van der Waals surface area (Å²) in [6, 6.07) is 8.21. The number of guanidine groups is 1. The number of hydrogen-bond donors (Lipinski definition) is 4. The molecule has 164 valence electrons. The molecule has 30 heavy (non-hydrogen) atoms. The van der Waals surface area contributed by atoms with Crippen molar-refractivity contribution in [1.29, 1.82) is 0 Å². The van der Waals surface area contributed by atoms with Crippen LogP contribution in [-0.4, -0.2) is 41.1 Å². The second-order valence-electron chi connectivity index (χ2n) is 6.50. The van der Waals surface area contributed by atoms with Crippen LogP contribution in [-0.2, 0) is 22.6 Å². The lowest BCUT2D eigenvalue weighted by molar-refractivity contribution is -0.122. The summed E-state index contributed by atoms with van der Waals surface area (Å²) < 4.78 is 1.37. The standard InChI is InChI=1S/C19H27N7O3.CH4/c1-13-3-5-15(6-4-13)7-8-23-17-18(28)26(14(2)11-24-17)12-16(27)22-9-10-29-25-19(20)21;/h3-6,11H,7-10,12H2,1-2H3,(H,22,27)(H,23,24)(H4,20,21,25);1H4. The minimum absolute atomic E-state index is 0. The fraction of sp³-hybridized carbons (Fsp3) is 0.400. The molecule has 0 aliphatic rings. The molecule has 0 spiro atoms. The summed E-state index contributed by atoms with van der Waals surface area (Å²) in [5.74, 6) is -0.315. The monoisotopic (exact) mass is 417 g/mol. The van der Waals surface area contributed by atoms with Crippen LogP contribution >= 0.6 is 0 Å². The molecule has 0 saturated heterocycles. The predicted octanol–water partition coefficient (Wildman–Crippen LogP) is 0.472. The average molecular weight is 418 g/mol. The highest BCUT2D eigenvalue weighted by atomic mass is 16.6. The van der Waals surface area contributed by atoms with Gasteiger partial charge in [-0.3, -0.25) is 14.2 Å². The van der Waals surface area contributed by atoms with Crippen molar-refractivity contribution in [2.45, 2.75) is 34.2 Å². The number of hydrogen-bond acceptors (Lipinski definition) is 6. The molecule has 2 rings (SSSR count). The van der Waals surface area contributed by atoms with E-state index in [-0.39, 0.29) is 50.4 Å². The van der Waals surface area contributed by atoms with Crippen molar-refractivity contribution in [2.75, 3.05) is 25.0 Å². The third-order valence-corrected chi connectivity index (χ3v) is 4.07. The highest BCUT2D eigenvalue weighted by molar-refractivity contribution is 5.76. The van der Waals surface area contributed by atoms with Crippen LogP contribution in [0.5, 0.6) is 0 Å². The molecule has 1 amide bonds. The minimum atomic E-state index is -0.346. The van der Waals surface area contributed by atoms with Gasteiger partial charge in [0.1, 0.15) is 13.2 Å².